The van der Waals surface area contributed by atoms with E-state index >= 15 is 0 Å². The quantitative estimate of drug-likeness (QED) is 0.510. The minimum atomic E-state index is -3.99. The van der Waals surface area contributed by atoms with E-state index in [4.69, 9.17) is 4.74 Å². The predicted octanol–water partition coefficient (Wildman–Crippen LogP) is 3.55. The van der Waals surface area contributed by atoms with Gasteiger partial charge in [-0.2, -0.15) is 4.31 Å². The van der Waals surface area contributed by atoms with Crippen molar-refractivity contribution in [3.05, 3.63) is 95.6 Å². The number of nitrogens with one attached hydrogen (secondary N) is 1. The zero-order valence-corrected chi connectivity index (χ0v) is 19.1. The van der Waals surface area contributed by atoms with E-state index in [9.17, 15) is 13.2 Å². The Kier molecular flexibility index (Phi) is 8.03. The standard InChI is InChI=1S/C25H28N2O4S/c1-20-13-14-23(31-2)24(17-20)32(29,30)27(18-22-11-7-4-8-12-22)19-25(28)26-16-15-21-9-5-3-6-10-21/h3-14,17H,15-16,18-19H2,1-2H3,(H,26,28). The maximum Gasteiger partial charge on any atom is 0.247 e. The number of amides is 1. The number of ether oxygens (including phenoxy) is 1. The lowest BCUT2D eigenvalue weighted by atomic mass is 10.1. The van der Waals surface area contributed by atoms with Crippen molar-refractivity contribution in [2.24, 2.45) is 0 Å². The van der Waals surface area contributed by atoms with Crippen molar-refractivity contribution in [1.82, 2.24) is 9.62 Å². The lowest BCUT2D eigenvalue weighted by molar-refractivity contribution is -0.121. The second-order valence-corrected chi connectivity index (χ2v) is 9.40. The summed E-state index contributed by atoms with van der Waals surface area (Å²) >= 11 is 0. The van der Waals surface area contributed by atoms with Gasteiger partial charge in [-0.1, -0.05) is 66.7 Å². The van der Waals surface area contributed by atoms with E-state index in [-0.39, 0.29) is 29.6 Å². The van der Waals surface area contributed by atoms with Gasteiger partial charge in [-0.15, -0.1) is 0 Å². The fourth-order valence-electron chi connectivity index (χ4n) is 3.34. The lowest BCUT2D eigenvalue weighted by Gasteiger charge is -2.23. The van der Waals surface area contributed by atoms with Gasteiger partial charge in [-0.3, -0.25) is 4.79 Å². The normalized spacial score (nSPS) is 11.3. The van der Waals surface area contributed by atoms with Gasteiger partial charge in [0.2, 0.25) is 15.9 Å². The van der Waals surface area contributed by atoms with Gasteiger partial charge in [0.05, 0.1) is 13.7 Å². The Bertz CT molecular complexity index is 1130. The zero-order valence-electron chi connectivity index (χ0n) is 18.3. The Balaban J connectivity index is 1.80. The van der Waals surface area contributed by atoms with E-state index in [0.29, 0.717) is 13.0 Å². The molecule has 7 heteroatoms. The van der Waals surface area contributed by atoms with Crippen LogP contribution in [0.3, 0.4) is 0 Å². The van der Waals surface area contributed by atoms with Gasteiger partial charge >= 0.3 is 0 Å². The van der Waals surface area contributed by atoms with Crippen molar-refractivity contribution < 1.29 is 17.9 Å². The molecule has 0 unspecified atom stereocenters. The van der Waals surface area contributed by atoms with Gasteiger partial charge in [0.1, 0.15) is 10.6 Å². The molecule has 32 heavy (non-hydrogen) atoms. The molecule has 6 nitrogen and oxygen atoms in total. The third kappa shape index (κ3) is 6.18. The van der Waals surface area contributed by atoms with Crippen molar-refractivity contribution in [2.75, 3.05) is 20.2 Å². The summed E-state index contributed by atoms with van der Waals surface area (Å²) in [5.74, 6) is -0.106. The fourth-order valence-corrected chi connectivity index (χ4v) is 4.97. The summed E-state index contributed by atoms with van der Waals surface area (Å²) in [4.78, 5) is 12.7. The highest BCUT2D eigenvalue weighted by molar-refractivity contribution is 7.89. The summed E-state index contributed by atoms with van der Waals surface area (Å²) < 4.78 is 33.6. The molecule has 0 radical (unpaired) electrons. The average molecular weight is 453 g/mol. The number of carbonyl (C=O) groups excluding carboxylic acids is 1. The molecule has 168 valence electrons. The monoisotopic (exact) mass is 452 g/mol. The van der Waals surface area contributed by atoms with E-state index in [1.807, 2.05) is 67.6 Å². The molecule has 0 fully saturated rings. The number of hydrogen-bond acceptors (Lipinski definition) is 4. The molecule has 0 heterocycles. The van der Waals surface area contributed by atoms with Crippen molar-refractivity contribution in [1.29, 1.82) is 0 Å². The summed E-state index contributed by atoms with van der Waals surface area (Å²) in [6.45, 7) is 2.03. The average Bonchev–Trinajstić information content (AvgIpc) is 2.80. The number of nitrogens with zero attached hydrogens (tertiary/aromatic N) is 1. The highest BCUT2D eigenvalue weighted by atomic mass is 32.2. The van der Waals surface area contributed by atoms with Crippen LogP contribution in [0.5, 0.6) is 5.75 Å². The van der Waals surface area contributed by atoms with Gasteiger partial charge < -0.3 is 10.1 Å². The minimum absolute atomic E-state index is 0.0491. The van der Waals surface area contributed by atoms with Crippen LogP contribution >= 0.6 is 0 Å². The van der Waals surface area contributed by atoms with Crippen LogP contribution in [0.2, 0.25) is 0 Å². The van der Waals surface area contributed by atoms with E-state index in [0.717, 1.165) is 16.7 Å². The number of aryl methyl sites for hydroxylation is 1. The second kappa shape index (κ2) is 10.9. The van der Waals surface area contributed by atoms with Crippen LogP contribution in [0, 0.1) is 6.92 Å². The number of carbonyl (C=O) groups is 1. The molecule has 0 aliphatic heterocycles. The summed E-state index contributed by atoms with van der Waals surface area (Å²) in [6, 6.07) is 24.0. The van der Waals surface area contributed by atoms with E-state index < -0.39 is 10.0 Å². The van der Waals surface area contributed by atoms with Crippen LogP contribution < -0.4 is 10.1 Å². The Morgan fingerprint density at radius 2 is 1.56 bits per heavy atom. The second-order valence-electron chi connectivity index (χ2n) is 7.50. The van der Waals surface area contributed by atoms with Crippen LogP contribution in [0.1, 0.15) is 16.7 Å². The van der Waals surface area contributed by atoms with Crippen molar-refractivity contribution >= 4 is 15.9 Å². The highest BCUT2D eigenvalue weighted by Crippen LogP contribution is 2.28. The van der Waals surface area contributed by atoms with Crippen molar-refractivity contribution in [3.8, 4) is 5.75 Å². The Morgan fingerprint density at radius 3 is 2.19 bits per heavy atom. The SMILES string of the molecule is COc1ccc(C)cc1S(=O)(=O)N(CC(=O)NCCc1ccccc1)Cc1ccccc1. The topological polar surface area (TPSA) is 75.7 Å². The summed E-state index contributed by atoms with van der Waals surface area (Å²) in [5, 5.41) is 2.83. The van der Waals surface area contributed by atoms with Gasteiger partial charge in [0.15, 0.2) is 0 Å². The van der Waals surface area contributed by atoms with Gasteiger partial charge in [0, 0.05) is 13.1 Å². The fraction of sp³-hybridized carbons (Fsp3) is 0.240. The third-order valence-electron chi connectivity index (χ3n) is 5.04. The summed E-state index contributed by atoms with van der Waals surface area (Å²) in [5.41, 5.74) is 2.68. The molecule has 3 aromatic carbocycles. The molecule has 0 aliphatic rings. The van der Waals surface area contributed by atoms with Crippen molar-refractivity contribution in [2.45, 2.75) is 24.8 Å². The Hall–Kier alpha value is -3.16. The minimum Gasteiger partial charge on any atom is -0.495 e. The van der Waals surface area contributed by atoms with E-state index in [1.165, 1.54) is 11.4 Å². The first-order chi connectivity index (χ1) is 15.4. The van der Waals surface area contributed by atoms with Crippen LogP contribution in [0.15, 0.2) is 83.8 Å². The molecule has 0 bridgehead atoms. The largest absolute Gasteiger partial charge is 0.495 e. The third-order valence-corrected chi connectivity index (χ3v) is 6.85. The number of methoxy groups -OCH3 is 1. The number of rotatable bonds is 10. The van der Waals surface area contributed by atoms with Crippen molar-refractivity contribution in [3.63, 3.8) is 0 Å². The van der Waals surface area contributed by atoms with Gasteiger partial charge in [-0.05, 0) is 42.2 Å². The Labute approximate surface area is 189 Å². The smallest absolute Gasteiger partial charge is 0.247 e. The van der Waals surface area contributed by atoms with Crippen LogP contribution in [0.4, 0.5) is 0 Å². The number of benzene rings is 3. The molecule has 0 aliphatic carbocycles. The zero-order chi connectivity index (χ0) is 23.0. The van der Waals surface area contributed by atoms with Gasteiger partial charge in [-0.25, -0.2) is 8.42 Å². The lowest BCUT2D eigenvalue weighted by Crippen LogP contribution is -2.41. The Morgan fingerprint density at radius 1 is 0.938 bits per heavy atom. The molecular formula is C25H28N2O4S. The highest BCUT2D eigenvalue weighted by Gasteiger charge is 2.29. The van der Waals surface area contributed by atoms with Crippen LogP contribution in [0.25, 0.3) is 0 Å². The first kappa shape index (κ1) is 23.5. The molecular weight excluding hydrogens is 424 g/mol. The number of sulfonamides is 1. The molecule has 1 N–H and O–H groups in total. The van der Waals surface area contributed by atoms with E-state index in [2.05, 4.69) is 5.32 Å². The molecule has 1 amide bonds. The molecule has 0 spiro atoms. The van der Waals surface area contributed by atoms with Crippen LogP contribution in [-0.2, 0) is 27.8 Å². The number of hydrogen-bond donors (Lipinski definition) is 1. The summed E-state index contributed by atoms with van der Waals surface area (Å²) in [7, 11) is -2.56. The first-order valence-electron chi connectivity index (χ1n) is 10.4. The molecule has 3 rings (SSSR count). The maximum atomic E-state index is 13.6. The molecule has 0 saturated heterocycles. The summed E-state index contributed by atoms with van der Waals surface area (Å²) in [6.07, 6.45) is 0.670. The molecule has 3 aromatic rings. The molecule has 0 aromatic heterocycles. The molecule has 0 saturated carbocycles. The maximum absolute atomic E-state index is 13.6. The predicted molar refractivity (Wildman–Crippen MR) is 125 cm³/mol. The first-order valence-corrected chi connectivity index (χ1v) is 11.8. The van der Waals surface area contributed by atoms with Gasteiger partial charge in [0.25, 0.3) is 0 Å². The molecule has 0 atom stereocenters. The van der Waals surface area contributed by atoms with E-state index in [1.54, 1.807) is 18.2 Å². The van der Waals surface area contributed by atoms with Crippen LogP contribution in [-0.4, -0.2) is 38.8 Å².